The molecule has 2 aliphatic heterocycles. The Morgan fingerprint density at radius 1 is 1.04 bits per heavy atom. The first-order chi connectivity index (χ1) is 10.7. The maximum atomic E-state index is 3.85. The van der Waals surface area contributed by atoms with Crippen molar-refractivity contribution in [3.8, 4) is 0 Å². The monoisotopic (exact) mass is 314 g/mol. The van der Waals surface area contributed by atoms with Crippen LogP contribution in [0.2, 0.25) is 0 Å². The van der Waals surface area contributed by atoms with E-state index in [4.69, 9.17) is 0 Å². The molecule has 4 atom stereocenters. The van der Waals surface area contributed by atoms with Crippen LogP contribution in [0.3, 0.4) is 0 Å². The molecule has 2 aliphatic rings. The Hall–Kier alpha value is -1.02. The fourth-order valence-electron chi connectivity index (χ4n) is 5.14. The first kappa shape index (κ1) is 16.8. The summed E-state index contributed by atoms with van der Waals surface area (Å²) in [7, 11) is 0. The van der Waals surface area contributed by atoms with Crippen LogP contribution in [0.5, 0.6) is 0 Å². The van der Waals surface area contributed by atoms with E-state index in [-0.39, 0.29) is 0 Å². The zero-order valence-electron chi connectivity index (χ0n) is 16.0. The number of likely N-dealkylation sites (tertiary alicyclic amines) is 1. The van der Waals surface area contributed by atoms with Crippen LogP contribution in [0.25, 0.3) is 0 Å². The number of anilines is 1. The van der Waals surface area contributed by atoms with Gasteiger partial charge in [0.25, 0.3) is 0 Å². The van der Waals surface area contributed by atoms with Crippen LogP contribution in [0.4, 0.5) is 5.69 Å². The number of fused-ring (bicyclic) bond motifs is 3. The average Bonchev–Trinajstić information content (AvgIpc) is 3.00. The van der Waals surface area contributed by atoms with E-state index in [1.54, 1.807) is 0 Å². The maximum absolute atomic E-state index is 3.85. The molecule has 4 unspecified atom stereocenters. The fraction of sp³-hybridized carbons (Fsp3) is 0.714. The molecule has 128 valence electrons. The van der Waals surface area contributed by atoms with Crippen molar-refractivity contribution in [1.29, 1.82) is 0 Å². The number of hydrogen-bond donors (Lipinski definition) is 1. The molecular weight excluding hydrogens is 280 g/mol. The third-order valence-corrected chi connectivity index (χ3v) is 6.48. The van der Waals surface area contributed by atoms with Gasteiger partial charge in [-0.25, -0.2) is 0 Å². The van der Waals surface area contributed by atoms with E-state index < -0.39 is 0 Å². The number of benzene rings is 1. The minimum atomic E-state index is 0.295. The van der Waals surface area contributed by atoms with E-state index in [0.29, 0.717) is 34.9 Å². The molecule has 0 bridgehead atoms. The molecule has 1 aromatic rings. The van der Waals surface area contributed by atoms with Crippen LogP contribution in [0.15, 0.2) is 24.3 Å². The lowest BCUT2D eigenvalue weighted by molar-refractivity contribution is 0.0449. The second-order valence-corrected chi connectivity index (χ2v) is 9.21. The van der Waals surface area contributed by atoms with Gasteiger partial charge in [0.05, 0.1) is 6.17 Å². The van der Waals surface area contributed by atoms with Gasteiger partial charge in [-0.15, -0.1) is 0 Å². The molecule has 0 aliphatic carbocycles. The zero-order valence-corrected chi connectivity index (χ0v) is 16.0. The number of nitrogens with zero attached hydrogens (tertiary/aromatic N) is 1. The lowest BCUT2D eigenvalue weighted by Crippen LogP contribution is -2.50. The minimum absolute atomic E-state index is 0.295. The summed E-state index contributed by atoms with van der Waals surface area (Å²) in [5.41, 5.74) is 3.51. The third kappa shape index (κ3) is 2.50. The highest BCUT2D eigenvalue weighted by molar-refractivity contribution is 5.60. The molecule has 0 radical (unpaired) electrons. The van der Waals surface area contributed by atoms with Crippen molar-refractivity contribution in [2.75, 3.05) is 11.9 Å². The van der Waals surface area contributed by atoms with Gasteiger partial charge >= 0.3 is 0 Å². The SMILES string of the molecule is CCN1C2Nc3ccccc3C2C(C(C)(C)C)C1C(C)(C)CC. The van der Waals surface area contributed by atoms with Gasteiger partial charge in [-0.3, -0.25) is 4.90 Å². The number of rotatable bonds is 3. The van der Waals surface area contributed by atoms with Crippen molar-refractivity contribution in [2.45, 2.75) is 73.0 Å². The summed E-state index contributed by atoms with van der Waals surface area (Å²) in [4.78, 5) is 2.75. The van der Waals surface area contributed by atoms with E-state index in [2.05, 4.69) is 82.9 Å². The Morgan fingerprint density at radius 2 is 1.70 bits per heavy atom. The van der Waals surface area contributed by atoms with Crippen molar-refractivity contribution in [2.24, 2.45) is 16.7 Å². The van der Waals surface area contributed by atoms with E-state index >= 15 is 0 Å². The summed E-state index contributed by atoms with van der Waals surface area (Å²) >= 11 is 0. The second-order valence-electron chi connectivity index (χ2n) is 9.21. The van der Waals surface area contributed by atoms with Gasteiger partial charge in [-0.1, -0.05) is 66.7 Å². The average molecular weight is 315 g/mol. The highest BCUT2D eigenvalue weighted by Gasteiger charge is 2.59. The number of hydrogen-bond acceptors (Lipinski definition) is 2. The van der Waals surface area contributed by atoms with Crippen LogP contribution in [-0.2, 0) is 0 Å². The summed E-state index contributed by atoms with van der Waals surface area (Å²) in [5.74, 6) is 1.26. The maximum Gasteiger partial charge on any atom is 0.0870 e. The topological polar surface area (TPSA) is 15.3 Å². The van der Waals surface area contributed by atoms with Crippen LogP contribution < -0.4 is 5.32 Å². The molecule has 0 saturated carbocycles. The van der Waals surface area contributed by atoms with Crippen molar-refractivity contribution in [1.82, 2.24) is 4.90 Å². The van der Waals surface area contributed by atoms with E-state index in [1.165, 1.54) is 17.7 Å². The summed E-state index contributed by atoms with van der Waals surface area (Å²) in [6.07, 6.45) is 1.68. The van der Waals surface area contributed by atoms with Gasteiger partial charge in [0.15, 0.2) is 0 Å². The molecule has 2 nitrogen and oxygen atoms in total. The summed E-state index contributed by atoms with van der Waals surface area (Å²) in [6, 6.07) is 9.58. The Bertz CT molecular complexity index is 569. The number of likely N-dealkylation sites (N-methyl/N-ethyl adjacent to an activating group) is 1. The summed E-state index contributed by atoms with van der Waals surface area (Å²) in [6.45, 7) is 18.0. The van der Waals surface area contributed by atoms with Gasteiger partial charge in [-0.2, -0.15) is 0 Å². The molecular formula is C21H34N2. The van der Waals surface area contributed by atoms with E-state index in [1.807, 2.05) is 0 Å². The standard InChI is InChI=1S/C21H34N2/c1-8-21(6,7)18-17(20(3,4)5)16-14-12-10-11-13-15(14)22-19(16)23(18)9-2/h10-13,16-19,22H,8-9H2,1-7H3. The molecule has 0 amide bonds. The molecule has 23 heavy (non-hydrogen) atoms. The van der Waals surface area contributed by atoms with Crippen molar-refractivity contribution in [3.05, 3.63) is 29.8 Å². The van der Waals surface area contributed by atoms with Crippen LogP contribution in [0.1, 0.15) is 66.4 Å². The van der Waals surface area contributed by atoms with Crippen molar-refractivity contribution < 1.29 is 0 Å². The lowest BCUT2D eigenvalue weighted by atomic mass is 9.63. The van der Waals surface area contributed by atoms with E-state index in [0.717, 1.165) is 6.54 Å². The van der Waals surface area contributed by atoms with Gasteiger partial charge < -0.3 is 5.32 Å². The largest absolute Gasteiger partial charge is 0.369 e. The third-order valence-electron chi connectivity index (χ3n) is 6.48. The zero-order chi connectivity index (χ0) is 17.0. The van der Waals surface area contributed by atoms with Gasteiger partial charge in [0, 0.05) is 17.6 Å². The molecule has 1 fully saturated rings. The Morgan fingerprint density at radius 3 is 2.26 bits per heavy atom. The number of nitrogens with one attached hydrogen (secondary N) is 1. The molecule has 2 heterocycles. The predicted octanol–water partition coefficient (Wildman–Crippen LogP) is 5.32. The van der Waals surface area contributed by atoms with Gasteiger partial charge in [-0.05, 0) is 41.3 Å². The lowest BCUT2D eigenvalue weighted by Gasteiger charge is -2.46. The Kier molecular flexibility index (Phi) is 4.03. The first-order valence-corrected chi connectivity index (χ1v) is 9.33. The Balaban J connectivity index is 2.13. The fourth-order valence-corrected chi connectivity index (χ4v) is 5.14. The quantitative estimate of drug-likeness (QED) is 0.811. The van der Waals surface area contributed by atoms with Crippen molar-refractivity contribution >= 4 is 5.69 Å². The molecule has 1 N–H and O–H groups in total. The van der Waals surface area contributed by atoms with E-state index in [9.17, 15) is 0 Å². The van der Waals surface area contributed by atoms with Crippen molar-refractivity contribution in [3.63, 3.8) is 0 Å². The minimum Gasteiger partial charge on any atom is -0.369 e. The smallest absolute Gasteiger partial charge is 0.0870 e. The Labute approximate surface area is 142 Å². The highest BCUT2D eigenvalue weighted by atomic mass is 15.3. The number of para-hydroxylation sites is 1. The van der Waals surface area contributed by atoms with Crippen LogP contribution in [-0.4, -0.2) is 23.7 Å². The molecule has 1 saturated heterocycles. The predicted molar refractivity (Wildman–Crippen MR) is 99.8 cm³/mol. The van der Waals surface area contributed by atoms with Crippen LogP contribution >= 0.6 is 0 Å². The van der Waals surface area contributed by atoms with Gasteiger partial charge in [0.1, 0.15) is 0 Å². The molecule has 3 rings (SSSR count). The van der Waals surface area contributed by atoms with Gasteiger partial charge in [0.2, 0.25) is 0 Å². The second kappa shape index (κ2) is 5.51. The molecule has 1 aromatic carbocycles. The summed E-state index contributed by atoms with van der Waals surface area (Å²) < 4.78 is 0. The first-order valence-electron chi connectivity index (χ1n) is 9.33. The highest BCUT2D eigenvalue weighted by Crippen LogP contribution is 2.58. The molecule has 2 heteroatoms. The normalized spacial score (nSPS) is 30.9. The van der Waals surface area contributed by atoms with Crippen LogP contribution in [0, 0.1) is 16.7 Å². The molecule has 0 aromatic heterocycles. The summed E-state index contributed by atoms with van der Waals surface area (Å²) in [5, 5.41) is 3.85. The molecule has 0 spiro atoms.